The Bertz CT molecular complexity index is 886. The SMILES string of the molecule is COCC(=O)N(CC1CN(Cc2ccc3c(c2)OCO3)CC1c1ccccc1)C(C)C. The molecule has 2 aliphatic rings. The Kier molecular flexibility index (Phi) is 6.78. The Morgan fingerprint density at radius 1 is 1.13 bits per heavy atom. The molecular weight excluding hydrogens is 392 g/mol. The molecule has 2 atom stereocenters. The second-order valence-electron chi connectivity index (χ2n) is 8.73. The smallest absolute Gasteiger partial charge is 0.248 e. The van der Waals surface area contributed by atoms with Gasteiger partial charge < -0.3 is 19.1 Å². The standard InChI is InChI=1S/C25H32N2O4/c1-18(2)27(25(28)16-29-3)14-21-13-26(15-22(21)20-7-5-4-6-8-20)12-19-9-10-23-24(11-19)31-17-30-23/h4-11,18,21-22H,12-17H2,1-3H3. The molecule has 0 saturated carbocycles. The van der Waals surface area contributed by atoms with Crippen molar-refractivity contribution < 1.29 is 19.0 Å². The largest absolute Gasteiger partial charge is 0.454 e. The number of methoxy groups -OCH3 is 1. The molecule has 4 rings (SSSR count). The number of likely N-dealkylation sites (tertiary alicyclic amines) is 1. The number of amides is 1. The predicted octanol–water partition coefficient (Wildman–Crippen LogP) is 3.51. The van der Waals surface area contributed by atoms with Gasteiger partial charge in [0.15, 0.2) is 11.5 Å². The molecule has 2 aromatic carbocycles. The number of fused-ring (bicyclic) bond motifs is 1. The van der Waals surface area contributed by atoms with E-state index in [2.05, 4.69) is 61.2 Å². The first-order valence-electron chi connectivity index (χ1n) is 11.0. The van der Waals surface area contributed by atoms with Crippen LogP contribution in [-0.2, 0) is 16.1 Å². The van der Waals surface area contributed by atoms with Crippen molar-refractivity contribution in [1.29, 1.82) is 0 Å². The highest BCUT2D eigenvalue weighted by Gasteiger charge is 2.36. The Morgan fingerprint density at radius 2 is 1.90 bits per heavy atom. The molecule has 2 heterocycles. The Morgan fingerprint density at radius 3 is 2.65 bits per heavy atom. The molecule has 2 unspecified atom stereocenters. The number of rotatable bonds is 8. The van der Waals surface area contributed by atoms with Crippen molar-refractivity contribution in [3.63, 3.8) is 0 Å². The molecule has 1 saturated heterocycles. The normalized spacial score (nSPS) is 20.4. The van der Waals surface area contributed by atoms with Crippen LogP contribution in [0.3, 0.4) is 0 Å². The molecule has 0 aliphatic carbocycles. The molecule has 2 aliphatic heterocycles. The monoisotopic (exact) mass is 424 g/mol. The average molecular weight is 425 g/mol. The van der Waals surface area contributed by atoms with E-state index in [0.29, 0.717) is 18.6 Å². The van der Waals surface area contributed by atoms with E-state index in [1.165, 1.54) is 11.1 Å². The van der Waals surface area contributed by atoms with E-state index < -0.39 is 0 Å². The Balaban J connectivity index is 1.51. The molecule has 0 spiro atoms. The summed E-state index contributed by atoms with van der Waals surface area (Å²) >= 11 is 0. The molecule has 166 valence electrons. The number of hydrogen-bond acceptors (Lipinski definition) is 5. The van der Waals surface area contributed by atoms with E-state index >= 15 is 0 Å². The van der Waals surface area contributed by atoms with Gasteiger partial charge >= 0.3 is 0 Å². The quantitative estimate of drug-likeness (QED) is 0.649. The topological polar surface area (TPSA) is 51.2 Å². The number of ether oxygens (including phenoxy) is 3. The van der Waals surface area contributed by atoms with E-state index in [4.69, 9.17) is 14.2 Å². The van der Waals surface area contributed by atoms with Gasteiger partial charge in [0.25, 0.3) is 0 Å². The van der Waals surface area contributed by atoms with Crippen LogP contribution in [0.25, 0.3) is 0 Å². The van der Waals surface area contributed by atoms with Gasteiger partial charge in [0.2, 0.25) is 12.7 Å². The number of carbonyl (C=O) groups is 1. The maximum absolute atomic E-state index is 12.7. The van der Waals surface area contributed by atoms with Crippen LogP contribution < -0.4 is 9.47 Å². The van der Waals surface area contributed by atoms with Crippen LogP contribution in [0.2, 0.25) is 0 Å². The highest BCUT2D eigenvalue weighted by molar-refractivity contribution is 5.77. The van der Waals surface area contributed by atoms with Crippen molar-refractivity contribution in [2.75, 3.05) is 40.1 Å². The summed E-state index contributed by atoms with van der Waals surface area (Å²) in [5, 5.41) is 0. The van der Waals surface area contributed by atoms with Crippen LogP contribution in [-0.4, -0.2) is 61.9 Å². The maximum Gasteiger partial charge on any atom is 0.248 e. The van der Waals surface area contributed by atoms with Crippen molar-refractivity contribution in [1.82, 2.24) is 9.80 Å². The second kappa shape index (κ2) is 9.71. The lowest BCUT2D eigenvalue weighted by molar-refractivity contribution is -0.137. The van der Waals surface area contributed by atoms with Gasteiger partial charge in [-0.25, -0.2) is 0 Å². The average Bonchev–Trinajstić information content (AvgIpc) is 3.39. The fraction of sp³-hybridized carbons (Fsp3) is 0.480. The first kappa shape index (κ1) is 21.7. The van der Waals surface area contributed by atoms with E-state index in [1.54, 1.807) is 7.11 Å². The summed E-state index contributed by atoms with van der Waals surface area (Å²) in [6.07, 6.45) is 0. The van der Waals surface area contributed by atoms with Crippen molar-refractivity contribution in [2.24, 2.45) is 5.92 Å². The minimum Gasteiger partial charge on any atom is -0.454 e. The summed E-state index contributed by atoms with van der Waals surface area (Å²) < 4.78 is 16.1. The molecular formula is C25H32N2O4. The lowest BCUT2D eigenvalue weighted by atomic mass is 9.88. The van der Waals surface area contributed by atoms with Crippen LogP contribution in [0.15, 0.2) is 48.5 Å². The predicted molar refractivity (Wildman–Crippen MR) is 119 cm³/mol. The third kappa shape index (κ3) is 5.02. The third-order valence-corrected chi connectivity index (χ3v) is 6.23. The molecule has 31 heavy (non-hydrogen) atoms. The first-order valence-corrected chi connectivity index (χ1v) is 11.0. The van der Waals surface area contributed by atoms with Crippen LogP contribution in [0.1, 0.15) is 30.9 Å². The van der Waals surface area contributed by atoms with Gasteiger partial charge in [-0.3, -0.25) is 9.69 Å². The van der Waals surface area contributed by atoms with E-state index in [0.717, 1.165) is 37.7 Å². The van der Waals surface area contributed by atoms with E-state index in [1.807, 2.05) is 11.0 Å². The lowest BCUT2D eigenvalue weighted by Crippen LogP contribution is -2.43. The van der Waals surface area contributed by atoms with Crippen LogP contribution in [0, 0.1) is 5.92 Å². The van der Waals surface area contributed by atoms with Gasteiger partial charge in [-0.1, -0.05) is 36.4 Å². The van der Waals surface area contributed by atoms with Gasteiger partial charge in [-0.2, -0.15) is 0 Å². The summed E-state index contributed by atoms with van der Waals surface area (Å²) in [5.41, 5.74) is 2.55. The maximum atomic E-state index is 12.7. The number of carbonyl (C=O) groups excluding carboxylic acids is 1. The number of benzene rings is 2. The van der Waals surface area contributed by atoms with Crippen LogP contribution in [0.5, 0.6) is 11.5 Å². The molecule has 0 radical (unpaired) electrons. The minimum atomic E-state index is 0.0542. The molecule has 0 bridgehead atoms. The van der Waals surface area contributed by atoms with Gasteiger partial charge in [0, 0.05) is 45.2 Å². The van der Waals surface area contributed by atoms with Crippen LogP contribution in [0.4, 0.5) is 0 Å². The minimum absolute atomic E-state index is 0.0542. The first-order chi connectivity index (χ1) is 15.0. The highest BCUT2D eigenvalue weighted by atomic mass is 16.7. The summed E-state index contributed by atoms with van der Waals surface area (Å²) in [4.78, 5) is 17.1. The highest BCUT2D eigenvalue weighted by Crippen LogP contribution is 2.36. The van der Waals surface area contributed by atoms with Crippen molar-refractivity contribution in [3.05, 3.63) is 59.7 Å². The van der Waals surface area contributed by atoms with Crippen molar-refractivity contribution in [2.45, 2.75) is 32.4 Å². The molecule has 0 N–H and O–H groups in total. The molecule has 1 amide bonds. The summed E-state index contributed by atoms with van der Waals surface area (Å²) in [5.74, 6) is 2.43. The second-order valence-corrected chi connectivity index (χ2v) is 8.73. The lowest BCUT2D eigenvalue weighted by Gasteiger charge is -2.31. The molecule has 0 aromatic heterocycles. The fourth-order valence-electron chi connectivity index (χ4n) is 4.71. The zero-order valence-electron chi connectivity index (χ0n) is 18.6. The van der Waals surface area contributed by atoms with Crippen LogP contribution >= 0.6 is 0 Å². The van der Waals surface area contributed by atoms with Crippen molar-refractivity contribution >= 4 is 5.91 Å². The zero-order valence-corrected chi connectivity index (χ0v) is 18.6. The molecule has 6 heteroatoms. The molecule has 2 aromatic rings. The van der Waals surface area contributed by atoms with E-state index in [-0.39, 0.29) is 18.6 Å². The molecule has 6 nitrogen and oxygen atoms in total. The third-order valence-electron chi connectivity index (χ3n) is 6.23. The zero-order chi connectivity index (χ0) is 21.8. The number of nitrogens with zero attached hydrogens (tertiary/aromatic N) is 2. The van der Waals surface area contributed by atoms with Crippen molar-refractivity contribution in [3.8, 4) is 11.5 Å². The summed E-state index contributed by atoms with van der Waals surface area (Å²) in [7, 11) is 1.58. The van der Waals surface area contributed by atoms with Gasteiger partial charge in [0.1, 0.15) is 6.61 Å². The summed E-state index contributed by atoms with van der Waals surface area (Å²) in [6.45, 7) is 8.06. The van der Waals surface area contributed by atoms with Gasteiger partial charge in [-0.15, -0.1) is 0 Å². The molecule has 1 fully saturated rings. The Labute approximate surface area is 184 Å². The number of hydrogen-bond donors (Lipinski definition) is 0. The van der Waals surface area contributed by atoms with E-state index in [9.17, 15) is 4.79 Å². The summed E-state index contributed by atoms with van der Waals surface area (Å²) in [6, 6.07) is 17.0. The fourth-order valence-corrected chi connectivity index (χ4v) is 4.71. The Hall–Kier alpha value is -2.57. The van der Waals surface area contributed by atoms with Gasteiger partial charge in [-0.05, 0) is 43.0 Å². The van der Waals surface area contributed by atoms with Gasteiger partial charge in [0.05, 0.1) is 0 Å².